The molecule has 1 rings (SSSR count). The Morgan fingerprint density at radius 2 is 2.10 bits per heavy atom. The molecule has 0 saturated heterocycles. The molecule has 0 spiro atoms. The van der Waals surface area contributed by atoms with Crippen molar-refractivity contribution in [3.8, 4) is 11.5 Å². The number of amides is 1. The molecule has 2 unspecified atom stereocenters. The number of aliphatic hydroxyl groups is 1. The molecule has 112 valence electrons. The monoisotopic (exact) mass is 282 g/mol. The van der Waals surface area contributed by atoms with Crippen LogP contribution in [0.3, 0.4) is 0 Å². The van der Waals surface area contributed by atoms with Gasteiger partial charge in [-0.15, -0.1) is 0 Å². The number of nitrogens with one attached hydrogen (secondary N) is 2. The van der Waals surface area contributed by atoms with Crippen LogP contribution in [0.15, 0.2) is 24.3 Å². The molecule has 0 heterocycles. The van der Waals surface area contributed by atoms with Gasteiger partial charge >= 0.3 is 0 Å². The van der Waals surface area contributed by atoms with Crippen molar-refractivity contribution in [2.75, 3.05) is 27.3 Å². The lowest BCUT2D eigenvalue weighted by Gasteiger charge is -2.16. The molecule has 0 saturated carbocycles. The average Bonchev–Trinajstić information content (AvgIpc) is 2.49. The first kappa shape index (κ1) is 16.3. The number of benzene rings is 1. The van der Waals surface area contributed by atoms with Crippen molar-refractivity contribution in [3.05, 3.63) is 24.3 Å². The lowest BCUT2D eigenvalue weighted by molar-refractivity contribution is -0.122. The zero-order valence-electron chi connectivity index (χ0n) is 12.1. The van der Waals surface area contributed by atoms with E-state index >= 15 is 0 Å². The molecule has 1 aromatic rings. The standard InChI is InChI=1S/C14H22N2O4/c1-10(14(18)15-2)16-8-11(17)9-20-13-6-4-5-12(7-13)19-3/h4-7,10-11,16-17H,8-9H2,1-3H3,(H,15,18). The first-order valence-corrected chi connectivity index (χ1v) is 6.46. The van der Waals surface area contributed by atoms with Gasteiger partial charge in [0, 0.05) is 19.7 Å². The Kier molecular flexibility index (Phi) is 6.83. The zero-order valence-corrected chi connectivity index (χ0v) is 12.1. The van der Waals surface area contributed by atoms with Crippen molar-refractivity contribution in [1.82, 2.24) is 10.6 Å². The summed E-state index contributed by atoms with van der Waals surface area (Å²) in [7, 11) is 3.15. The molecule has 20 heavy (non-hydrogen) atoms. The third kappa shape index (κ3) is 5.46. The third-order valence-electron chi connectivity index (χ3n) is 2.78. The van der Waals surface area contributed by atoms with Crippen LogP contribution < -0.4 is 20.1 Å². The highest BCUT2D eigenvalue weighted by atomic mass is 16.5. The second-order valence-electron chi connectivity index (χ2n) is 4.39. The number of ether oxygens (including phenoxy) is 2. The summed E-state index contributed by atoms with van der Waals surface area (Å²) in [4.78, 5) is 11.3. The highest BCUT2D eigenvalue weighted by Gasteiger charge is 2.12. The van der Waals surface area contributed by atoms with Crippen molar-refractivity contribution in [1.29, 1.82) is 0 Å². The summed E-state index contributed by atoms with van der Waals surface area (Å²) >= 11 is 0. The number of carbonyl (C=O) groups excluding carboxylic acids is 1. The lowest BCUT2D eigenvalue weighted by atomic mass is 10.3. The molecule has 0 fully saturated rings. The molecule has 0 aliphatic rings. The Hall–Kier alpha value is -1.79. The molecule has 6 heteroatoms. The molecule has 0 bridgehead atoms. The SMILES string of the molecule is CNC(=O)C(C)NCC(O)COc1cccc(OC)c1. The predicted octanol–water partition coefficient (Wildman–Crippen LogP) is 0.159. The van der Waals surface area contributed by atoms with Gasteiger partial charge in [0.05, 0.1) is 13.2 Å². The van der Waals surface area contributed by atoms with E-state index in [4.69, 9.17) is 9.47 Å². The van der Waals surface area contributed by atoms with E-state index in [1.165, 1.54) is 0 Å². The van der Waals surface area contributed by atoms with E-state index in [2.05, 4.69) is 10.6 Å². The summed E-state index contributed by atoms with van der Waals surface area (Å²) in [5, 5.41) is 15.2. The minimum atomic E-state index is -0.701. The molecule has 0 aliphatic carbocycles. The van der Waals surface area contributed by atoms with Gasteiger partial charge in [-0.1, -0.05) is 6.07 Å². The summed E-state index contributed by atoms with van der Waals surface area (Å²) in [6, 6.07) is 6.80. The van der Waals surface area contributed by atoms with Crippen molar-refractivity contribution in [3.63, 3.8) is 0 Å². The number of likely N-dealkylation sites (N-methyl/N-ethyl adjacent to an activating group) is 1. The van der Waals surface area contributed by atoms with Gasteiger partial charge < -0.3 is 25.2 Å². The van der Waals surface area contributed by atoms with Crippen LogP contribution in [-0.4, -0.2) is 50.5 Å². The number of carbonyl (C=O) groups is 1. The summed E-state index contributed by atoms with van der Waals surface area (Å²) in [5.41, 5.74) is 0. The molecular formula is C14H22N2O4. The second kappa shape index (κ2) is 8.39. The summed E-state index contributed by atoms with van der Waals surface area (Å²) in [5.74, 6) is 1.21. The van der Waals surface area contributed by atoms with Gasteiger partial charge in [-0.05, 0) is 19.1 Å². The third-order valence-corrected chi connectivity index (χ3v) is 2.78. The Morgan fingerprint density at radius 1 is 1.40 bits per heavy atom. The maximum Gasteiger partial charge on any atom is 0.236 e. The second-order valence-corrected chi connectivity index (χ2v) is 4.39. The van der Waals surface area contributed by atoms with E-state index in [-0.39, 0.29) is 25.1 Å². The van der Waals surface area contributed by atoms with E-state index in [9.17, 15) is 9.90 Å². The zero-order chi connectivity index (χ0) is 15.0. The number of hydrogen-bond donors (Lipinski definition) is 3. The topological polar surface area (TPSA) is 79.8 Å². The fourth-order valence-corrected chi connectivity index (χ4v) is 1.56. The Morgan fingerprint density at radius 3 is 2.75 bits per heavy atom. The molecule has 1 aromatic carbocycles. The summed E-state index contributed by atoms with van der Waals surface area (Å²) in [6.45, 7) is 2.15. The number of rotatable bonds is 8. The summed E-state index contributed by atoms with van der Waals surface area (Å²) < 4.78 is 10.5. The highest BCUT2D eigenvalue weighted by Crippen LogP contribution is 2.18. The van der Waals surface area contributed by atoms with Gasteiger partial charge in [-0.2, -0.15) is 0 Å². The van der Waals surface area contributed by atoms with Crippen molar-refractivity contribution < 1.29 is 19.4 Å². The lowest BCUT2D eigenvalue weighted by Crippen LogP contribution is -2.44. The Bertz CT molecular complexity index is 425. The van der Waals surface area contributed by atoms with Crippen molar-refractivity contribution >= 4 is 5.91 Å². The molecular weight excluding hydrogens is 260 g/mol. The van der Waals surface area contributed by atoms with Crippen LogP contribution in [0, 0.1) is 0 Å². The van der Waals surface area contributed by atoms with Gasteiger partial charge in [0.15, 0.2) is 0 Å². The predicted molar refractivity (Wildman–Crippen MR) is 76.0 cm³/mol. The van der Waals surface area contributed by atoms with E-state index in [1.807, 2.05) is 12.1 Å². The molecule has 0 aromatic heterocycles. The van der Waals surface area contributed by atoms with Crippen LogP contribution in [0.2, 0.25) is 0 Å². The molecule has 0 aliphatic heterocycles. The normalized spacial score (nSPS) is 13.4. The molecule has 2 atom stereocenters. The fourth-order valence-electron chi connectivity index (χ4n) is 1.56. The minimum Gasteiger partial charge on any atom is -0.497 e. The summed E-state index contributed by atoms with van der Waals surface area (Å²) in [6.07, 6.45) is -0.701. The fraction of sp³-hybridized carbons (Fsp3) is 0.500. The maximum atomic E-state index is 11.3. The van der Waals surface area contributed by atoms with Gasteiger partial charge in [0.25, 0.3) is 0 Å². The van der Waals surface area contributed by atoms with E-state index in [0.717, 1.165) is 0 Å². The Balaban J connectivity index is 2.32. The van der Waals surface area contributed by atoms with Gasteiger partial charge in [0.1, 0.15) is 24.2 Å². The van der Waals surface area contributed by atoms with Crippen LogP contribution >= 0.6 is 0 Å². The molecule has 0 radical (unpaired) electrons. The van der Waals surface area contributed by atoms with Gasteiger partial charge in [0.2, 0.25) is 5.91 Å². The molecule has 3 N–H and O–H groups in total. The van der Waals surface area contributed by atoms with Gasteiger partial charge in [-0.25, -0.2) is 0 Å². The van der Waals surface area contributed by atoms with Crippen LogP contribution in [0.25, 0.3) is 0 Å². The van der Waals surface area contributed by atoms with Crippen LogP contribution in [0.1, 0.15) is 6.92 Å². The average molecular weight is 282 g/mol. The largest absolute Gasteiger partial charge is 0.497 e. The van der Waals surface area contributed by atoms with E-state index in [1.54, 1.807) is 33.2 Å². The smallest absolute Gasteiger partial charge is 0.236 e. The van der Waals surface area contributed by atoms with E-state index in [0.29, 0.717) is 11.5 Å². The van der Waals surface area contributed by atoms with Gasteiger partial charge in [-0.3, -0.25) is 4.79 Å². The minimum absolute atomic E-state index is 0.120. The Labute approximate surface area is 119 Å². The number of hydrogen-bond acceptors (Lipinski definition) is 5. The number of aliphatic hydroxyl groups excluding tert-OH is 1. The van der Waals surface area contributed by atoms with Crippen LogP contribution in [0.5, 0.6) is 11.5 Å². The first-order valence-electron chi connectivity index (χ1n) is 6.46. The van der Waals surface area contributed by atoms with Crippen molar-refractivity contribution in [2.24, 2.45) is 0 Å². The molecule has 6 nitrogen and oxygen atoms in total. The first-order chi connectivity index (χ1) is 9.56. The molecule has 1 amide bonds. The number of methoxy groups -OCH3 is 1. The van der Waals surface area contributed by atoms with Crippen LogP contribution in [0.4, 0.5) is 0 Å². The maximum absolute atomic E-state index is 11.3. The van der Waals surface area contributed by atoms with Crippen molar-refractivity contribution in [2.45, 2.75) is 19.1 Å². The highest BCUT2D eigenvalue weighted by molar-refractivity contribution is 5.80. The van der Waals surface area contributed by atoms with E-state index < -0.39 is 6.10 Å². The quantitative estimate of drug-likeness (QED) is 0.633. The van der Waals surface area contributed by atoms with Crippen LogP contribution in [-0.2, 0) is 4.79 Å².